The summed E-state index contributed by atoms with van der Waals surface area (Å²) in [5.74, 6) is 1.95. The summed E-state index contributed by atoms with van der Waals surface area (Å²) in [6.07, 6.45) is 1.12. The fourth-order valence-electron chi connectivity index (χ4n) is 1.94. The Morgan fingerprint density at radius 2 is 1.71 bits per heavy atom. The molecular weight excluding hydrogens is 320 g/mol. The van der Waals surface area contributed by atoms with Crippen LogP contribution in [0.25, 0.3) is 0 Å². The summed E-state index contributed by atoms with van der Waals surface area (Å²) in [5, 5.41) is 5.78. The highest BCUT2D eigenvalue weighted by Crippen LogP contribution is 2.13. The largest absolute Gasteiger partial charge is 0.356 e. The van der Waals surface area contributed by atoms with Crippen LogP contribution in [0.4, 0.5) is 0 Å². The van der Waals surface area contributed by atoms with Crippen molar-refractivity contribution < 1.29 is 9.59 Å². The smallest absolute Gasteiger partial charge is 0.225 e. The molecule has 0 saturated carbocycles. The fraction of sp³-hybridized carbons (Fsp3) is 0.579. The van der Waals surface area contributed by atoms with Gasteiger partial charge in [0.1, 0.15) is 0 Å². The van der Waals surface area contributed by atoms with Crippen LogP contribution in [-0.4, -0.2) is 30.7 Å². The van der Waals surface area contributed by atoms with Crippen LogP contribution in [0.1, 0.15) is 44.7 Å². The number of carbonyl (C=O) groups excluding carboxylic acids is 2. The molecule has 0 aliphatic heterocycles. The summed E-state index contributed by atoms with van der Waals surface area (Å²) in [4.78, 5) is 23.4. The first-order chi connectivity index (χ1) is 11.3. The van der Waals surface area contributed by atoms with E-state index in [9.17, 15) is 9.59 Å². The molecule has 0 aliphatic rings. The number of nitrogens with one attached hydrogen (secondary N) is 2. The van der Waals surface area contributed by atoms with Crippen molar-refractivity contribution in [3.05, 3.63) is 35.4 Å². The SMILES string of the molecule is Cc1ccc(CSCCNC(=O)CCCNC(=O)C(C)(C)C)cc1. The van der Waals surface area contributed by atoms with Gasteiger partial charge in [0.25, 0.3) is 0 Å². The van der Waals surface area contributed by atoms with Crippen LogP contribution in [0.2, 0.25) is 0 Å². The Kier molecular flexibility index (Phi) is 8.90. The van der Waals surface area contributed by atoms with Gasteiger partial charge in [0.05, 0.1) is 0 Å². The zero-order valence-electron chi connectivity index (χ0n) is 15.3. The van der Waals surface area contributed by atoms with E-state index in [-0.39, 0.29) is 17.2 Å². The number of amides is 2. The van der Waals surface area contributed by atoms with Crippen molar-refractivity contribution in [3.63, 3.8) is 0 Å². The van der Waals surface area contributed by atoms with Gasteiger partial charge >= 0.3 is 0 Å². The molecule has 0 aromatic heterocycles. The lowest BCUT2D eigenvalue weighted by molar-refractivity contribution is -0.128. The van der Waals surface area contributed by atoms with Crippen molar-refractivity contribution in [2.24, 2.45) is 5.41 Å². The first kappa shape index (κ1) is 20.6. The summed E-state index contributed by atoms with van der Waals surface area (Å²) in [6, 6.07) is 8.53. The van der Waals surface area contributed by atoms with Crippen molar-refractivity contribution in [3.8, 4) is 0 Å². The summed E-state index contributed by atoms with van der Waals surface area (Å²) in [7, 11) is 0. The van der Waals surface area contributed by atoms with Crippen molar-refractivity contribution in [1.82, 2.24) is 10.6 Å². The minimum Gasteiger partial charge on any atom is -0.356 e. The second kappa shape index (κ2) is 10.4. The van der Waals surface area contributed by atoms with Crippen LogP contribution in [0.15, 0.2) is 24.3 Å². The molecule has 0 saturated heterocycles. The van der Waals surface area contributed by atoms with Gasteiger partial charge in [-0.05, 0) is 18.9 Å². The lowest BCUT2D eigenvalue weighted by atomic mass is 9.96. The molecule has 134 valence electrons. The molecule has 0 heterocycles. The summed E-state index contributed by atoms with van der Waals surface area (Å²) in [5.41, 5.74) is 2.21. The van der Waals surface area contributed by atoms with Gasteiger partial charge in [-0.15, -0.1) is 0 Å². The highest BCUT2D eigenvalue weighted by molar-refractivity contribution is 7.98. The third-order valence-corrected chi connectivity index (χ3v) is 4.54. The Labute approximate surface area is 150 Å². The molecule has 0 unspecified atom stereocenters. The molecule has 2 amide bonds. The van der Waals surface area contributed by atoms with E-state index in [4.69, 9.17) is 0 Å². The van der Waals surface area contributed by atoms with Crippen molar-refractivity contribution >= 4 is 23.6 Å². The zero-order valence-corrected chi connectivity index (χ0v) is 16.1. The van der Waals surface area contributed by atoms with Gasteiger partial charge in [0.15, 0.2) is 0 Å². The van der Waals surface area contributed by atoms with Gasteiger partial charge in [0.2, 0.25) is 11.8 Å². The minimum atomic E-state index is -0.378. The lowest BCUT2D eigenvalue weighted by Crippen LogP contribution is -2.35. The Hall–Kier alpha value is -1.49. The molecule has 0 fully saturated rings. The molecule has 1 rings (SSSR count). The van der Waals surface area contributed by atoms with E-state index in [1.54, 1.807) is 0 Å². The van der Waals surface area contributed by atoms with Gasteiger partial charge in [-0.3, -0.25) is 9.59 Å². The quantitative estimate of drug-likeness (QED) is 0.672. The molecule has 24 heavy (non-hydrogen) atoms. The van der Waals surface area contributed by atoms with Crippen LogP contribution in [0.5, 0.6) is 0 Å². The Balaban J connectivity index is 2.02. The molecule has 0 spiro atoms. The third kappa shape index (κ3) is 8.96. The Morgan fingerprint density at radius 3 is 2.33 bits per heavy atom. The number of thioether (sulfide) groups is 1. The van der Waals surface area contributed by atoms with Crippen LogP contribution in [0, 0.1) is 12.3 Å². The topological polar surface area (TPSA) is 58.2 Å². The number of hydrogen-bond donors (Lipinski definition) is 2. The fourth-order valence-corrected chi connectivity index (χ4v) is 2.76. The number of aryl methyl sites for hydroxylation is 1. The summed E-state index contributed by atoms with van der Waals surface area (Å²) in [6.45, 7) is 8.95. The predicted octanol–water partition coefficient (Wildman–Crippen LogP) is 3.29. The van der Waals surface area contributed by atoms with Crippen molar-refractivity contribution in [2.75, 3.05) is 18.8 Å². The molecule has 0 aliphatic carbocycles. The van der Waals surface area contributed by atoms with Crippen LogP contribution in [-0.2, 0) is 15.3 Å². The van der Waals surface area contributed by atoms with Crippen molar-refractivity contribution in [1.29, 1.82) is 0 Å². The van der Waals surface area contributed by atoms with E-state index < -0.39 is 0 Å². The number of benzene rings is 1. The first-order valence-corrected chi connectivity index (χ1v) is 9.63. The second-order valence-electron chi connectivity index (χ2n) is 7.00. The standard InChI is InChI=1S/C19H30N2O2S/c1-15-7-9-16(10-8-15)14-24-13-12-20-17(22)6-5-11-21-18(23)19(2,3)4/h7-10H,5-6,11-14H2,1-4H3,(H,20,22)(H,21,23). The van der Waals surface area contributed by atoms with E-state index >= 15 is 0 Å². The molecule has 2 N–H and O–H groups in total. The van der Waals surface area contributed by atoms with Gasteiger partial charge < -0.3 is 10.6 Å². The van der Waals surface area contributed by atoms with Crippen LogP contribution >= 0.6 is 11.8 Å². The predicted molar refractivity (Wildman–Crippen MR) is 102 cm³/mol. The van der Waals surface area contributed by atoms with E-state index in [2.05, 4.69) is 41.8 Å². The van der Waals surface area contributed by atoms with E-state index in [1.165, 1.54) is 11.1 Å². The molecule has 4 nitrogen and oxygen atoms in total. The Morgan fingerprint density at radius 1 is 1.04 bits per heavy atom. The molecular formula is C19H30N2O2S. The lowest BCUT2D eigenvalue weighted by Gasteiger charge is -2.17. The van der Waals surface area contributed by atoms with E-state index in [0.29, 0.717) is 25.9 Å². The average Bonchev–Trinajstić information content (AvgIpc) is 2.52. The second-order valence-corrected chi connectivity index (χ2v) is 8.10. The number of carbonyl (C=O) groups is 2. The molecule has 1 aromatic carbocycles. The van der Waals surface area contributed by atoms with Crippen LogP contribution in [0.3, 0.4) is 0 Å². The van der Waals surface area contributed by atoms with Gasteiger partial charge in [-0.25, -0.2) is 0 Å². The Bertz CT molecular complexity index is 521. The maximum atomic E-state index is 11.7. The zero-order chi connectivity index (χ0) is 18.0. The highest BCUT2D eigenvalue weighted by Gasteiger charge is 2.20. The maximum Gasteiger partial charge on any atom is 0.225 e. The van der Waals surface area contributed by atoms with Crippen LogP contribution < -0.4 is 10.6 Å². The van der Waals surface area contributed by atoms with Gasteiger partial charge in [0, 0.05) is 36.4 Å². The minimum absolute atomic E-state index is 0.0235. The molecule has 0 bridgehead atoms. The van der Waals surface area contributed by atoms with E-state index in [0.717, 1.165) is 11.5 Å². The maximum absolute atomic E-state index is 11.7. The van der Waals surface area contributed by atoms with Gasteiger partial charge in [-0.2, -0.15) is 11.8 Å². The molecule has 0 radical (unpaired) electrons. The third-order valence-electron chi connectivity index (χ3n) is 3.51. The normalized spacial score (nSPS) is 11.2. The van der Waals surface area contributed by atoms with Gasteiger partial charge in [-0.1, -0.05) is 50.6 Å². The summed E-state index contributed by atoms with van der Waals surface area (Å²) < 4.78 is 0. The summed E-state index contributed by atoms with van der Waals surface area (Å²) >= 11 is 1.82. The number of rotatable bonds is 9. The molecule has 5 heteroatoms. The molecule has 0 atom stereocenters. The molecule has 1 aromatic rings. The number of hydrogen-bond acceptors (Lipinski definition) is 3. The first-order valence-electron chi connectivity index (χ1n) is 8.47. The monoisotopic (exact) mass is 350 g/mol. The van der Waals surface area contributed by atoms with E-state index in [1.807, 2.05) is 32.5 Å². The highest BCUT2D eigenvalue weighted by atomic mass is 32.2. The average molecular weight is 351 g/mol. The van der Waals surface area contributed by atoms with Crippen molar-refractivity contribution in [2.45, 2.75) is 46.3 Å².